The molecule has 0 bridgehead atoms. The van der Waals surface area contributed by atoms with E-state index in [1.54, 1.807) is 6.20 Å². The Kier molecular flexibility index (Phi) is 4.93. The van der Waals surface area contributed by atoms with Crippen LogP contribution in [0.4, 0.5) is 0 Å². The van der Waals surface area contributed by atoms with Crippen molar-refractivity contribution in [2.45, 2.75) is 19.5 Å². The number of aromatic nitrogens is 3. The highest BCUT2D eigenvalue weighted by molar-refractivity contribution is 14.1. The highest BCUT2D eigenvalue weighted by Gasteiger charge is 1.94. The van der Waals surface area contributed by atoms with Gasteiger partial charge in [0, 0.05) is 22.9 Å². The van der Waals surface area contributed by atoms with E-state index in [9.17, 15) is 0 Å². The topological polar surface area (TPSA) is 42.7 Å². The van der Waals surface area contributed by atoms with E-state index in [0.29, 0.717) is 0 Å². The number of nitrogens with one attached hydrogen (secondary N) is 1. The van der Waals surface area contributed by atoms with Crippen molar-refractivity contribution in [2.24, 2.45) is 0 Å². The second kappa shape index (κ2) is 6.70. The molecule has 0 aliphatic rings. The van der Waals surface area contributed by atoms with E-state index < -0.39 is 0 Å². The summed E-state index contributed by atoms with van der Waals surface area (Å²) in [7, 11) is 0. The van der Waals surface area contributed by atoms with Crippen LogP contribution in [0.15, 0.2) is 36.7 Å². The Hall–Kier alpha value is -0.950. The first-order chi connectivity index (χ1) is 8.34. The predicted molar refractivity (Wildman–Crippen MR) is 75.5 cm³/mol. The van der Waals surface area contributed by atoms with Gasteiger partial charge in [-0.2, -0.15) is 0 Å². The van der Waals surface area contributed by atoms with Gasteiger partial charge in [0.1, 0.15) is 0 Å². The van der Waals surface area contributed by atoms with Gasteiger partial charge in [0.25, 0.3) is 0 Å². The average molecular weight is 342 g/mol. The molecule has 1 aromatic heterocycles. The number of halogens is 1. The van der Waals surface area contributed by atoms with Crippen LogP contribution in [0.25, 0.3) is 0 Å². The molecule has 90 valence electrons. The van der Waals surface area contributed by atoms with E-state index in [1.807, 2.05) is 10.9 Å². The molecule has 0 amide bonds. The van der Waals surface area contributed by atoms with Gasteiger partial charge < -0.3 is 5.32 Å². The normalized spacial score (nSPS) is 10.6. The molecule has 1 heterocycles. The molecule has 0 radical (unpaired) electrons. The third-order valence-electron chi connectivity index (χ3n) is 2.46. The predicted octanol–water partition coefficient (Wildman–Crippen LogP) is 2.06. The van der Waals surface area contributed by atoms with Gasteiger partial charge in [-0.1, -0.05) is 17.3 Å². The molecule has 0 aliphatic heterocycles. The summed E-state index contributed by atoms with van der Waals surface area (Å²) < 4.78 is 3.13. The first-order valence-electron chi connectivity index (χ1n) is 5.64. The quantitative estimate of drug-likeness (QED) is 0.646. The summed E-state index contributed by atoms with van der Waals surface area (Å²) in [5.41, 5.74) is 1.33. The Morgan fingerprint density at radius 3 is 2.76 bits per heavy atom. The number of aryl methyl sites for hydroxylation is 1. The summed E-state index contributed by atoms with van der Waals surface area (Å²) >= 11 is 2.32. The molecule has 1 N–H and O–H groups in total. The van der Waals surface area contributed by atoms with E-state index in [-0.39, 0.29) is 0 Å². The Balaban J connectivity index is 1.61. The molecule has 0 saturated heterocycles. The number of benzene rings is 1. The lowest BCUT2D eigenvalue weighted by molar-refractivity contribution is 0.530. The Morgan fingerprint density at radius 1 is 1.24 bits per heavy atom. The fourth-order valence-electron chi connectivity index (χ4n) is 1.55. The molecular formula is C12H15IN4. The maximum Gasteiger partial charge on any atom is 0.0692 e. The molecular weight excluding hydrogens is 327 g/mol. The highest BCUT2D eigenvalue weighted by Crippen LogP contribution is 2.06. The lowest BCUT2D eigenvalue weighted by atomic mass is 10.2. The summed E-state index contributed by atoms with van der Waals surface area (Å²) in [6.07, 6.45) is 4.66. The zero-order chi connectivity index (χ0) is 11.9. The minimum atomic E-state index is 0.916. The number of rotatable bonds is 6. The van der Waals surface area contributed by atoms with Gasteiger partial charge in [-0.15, -0.1) is 5.10 Å². The van der Waals surface area contributed by atoms with Crippen LogP contribution < -0.4 is 5.32 Å². The second-order valence-electron chi connectivity index (χ2n) is 3.82. The zero-order valence-electron chi connectivity index (χ0n) is 9.51. The standard InChI is InChI=1S/C12H15IN4/c13-12-4-2-11(3-5-12)10-14-6-1-8-17-9-7-15-16-17/h2-5,7,9,14H,1,6,8,10H2. The van der Waals surface area contributed by atoms with Gasteiger partial charge in [0.2, 0.25) is 0 Å². The first kappa shape index (κ1) is 12.5. The minimum absolute atomic E-state index is 0.916. The first-order valence-corrected chi connectivity index (χ1v) is 6.72. The van der Waals surface area contributed by atoms with Crippen LogP contribution in [0.3, 0.4) is 0 Å². The molecule has 0 unspecified atom stereocenters. The van der Waals surface area contributed by atoms with Crippen LogP contribution in [-0.4, -0.2) is 21.5 Å². The third-order valence-corrected chi connectivity index (χ3v) is 3.17. The van der Waals surface area contributed by atoms with Crippen molar-refractivity contribution in [3.63, 3.8) is 0 Å². The number of nitrogens with zero attached hydrogens (tertiary/aromatic N) is 3. The van der Waals surface area contributed by atoms with E-state index in [1.165, 1.54) is 9.13 Å². The van der Waals surface area contributed by atoms with Crippen molar-refractivity contribution in [1.29, 1.82) is 0 Å². The van der Waals surface area contributed by atoms with Crippen LogP contribution in [-0.2, 0) is 13.1 Å². The summed E-state index contributed by atoms with van der Waals surface area (Å²) in [4.78, 5) is 0. The molecule has 5 heteroatoms. The fraction of sp³-hybridized carbons (Fsp3) is 0.333. The Labute approximate surface area is 115 Å². The molecule has 2 aromatic rings. The van der Waals surface area contributed by atoms with Crippen molar-refractivity contribution in [1.82, 2.24) is 20.3 Å². The maximum atomic E-state index is 3.92. The van der Waals surface area contributed by atoms with E-state index in [4.69, 9.17) is 0 Å². The molecule has 0 saturated carbocycles. The zero-order valence-corrected chi connectivity index (χ0v) is 11.7. The van der Waals surface area contributed by atoms with Crippen LogP contribution in [0, 0.1) is 3.57 Å². The molecule has 4 nitrogen and oxygen atoms in total. The van der Waals surface area contributed by atoms with Crippen molar-refractivity contribution in [2.75, 3.05) is 6.54 Å². The van der Waals surface area contributed by atoms with Gasteiger partial charge in [0.05, 0.1) is 6.20 Å². The van der Waals surface area contributed by atoms with Crippen LogP contribution in [0.5, 0.6) is 0 Å². The van der Waals surface area contributed by atoms with E-state index >= 15 is 0 Å². The monoisotopic (exact) mass is 342 g/mol. The smallest absolute Gasteiger partial charge is 0.0692 e. The van der Waals surface area contributed by atoms with Crippen molar-refractivity contribution < 1.29 is 0 Å². The molecule has 0 fully saturated rings. The number of hydrogen-bond acceptors (Lipinski definition) is 3. The lowest BCUT2D eigenvalue weighted by Gasteiger charge is -2.05. The van der Waals surface area contributed by atoms with Gasteiger partial charge >= 0.3 is 0 Å². The van der Waals surface area contributed by atoms with E-state index in [0.717, 1.165) is 26.1 Å². The van der Waals surface area contributed by atoms with Gasteiger partial charge in [-0.3, -0.25) is 4.68 Å². The SMILES string of the molecule is Ic1ccc(CNCCCn2ccnn2)cc1. The summed E-state index contributed by atoms with van der Waals surface area (Å²) in [5.74, 6) is 0. The molecule has 17 heavy (non-hydrogen) atoms. The molecule has 0 aliphatic carbocycles. The summed E-state index contributed by atoms with van der Waals surface area (Å²) in [5, 5.41) is 11.1. The largest absolute Gasteiger partial charge is 0.313 e. The van der Waals surface area contributed by atoms with Crippen molar-refractivity contribution >= 4 is 22.6 Å². The minimum Gasteiger partial charge on any atom is -0.313 e. The van der Waals surface area contributed by atoms with Crippen molar-refractivity contribution in [3.8, 4) is 0 Å². The maximum absolute atomic E-state index is 3.92. The fourth-order valence-corrected chi connectivity index (χ4v) is 1.91. The van der Waals surface area contributed by atoms with Gasteiger partial charge in [-0.05, 0) is 53.3 Å². The summed E-state index contributed by atoms with van der Waals surface area (Å²) in [6, 6.07) is 8.58. The van der Waals surface area contributed by atoms with Gasteiger partial charge in [-0.25, -0.2) is 0 Å². The molecule has 1 aromatic carbocycles. The Morgan fingerprint density at radius 2 is 2.06 bits per heavy atom. The summed E-state index contributed by atoms with van der Waals surface area (Å²) in [6.45, 7) is 2.83. The van der Waals surface area contributed by atoms with Crippen LogP contribution in [0.1, 0.15) is 12.0 Å². The average Bonchev–Trinajstić information content (AvgIpc) is 2.84. The third kappa shape index (κ3) is 4.43. The molecule has 0 spiro atoms. The van der Waals surface area contributed by atoms with Crippen LogP contribution in [0.2, 0.25) is 0 Å². The number of hydrogen-bond donors (Lipinski definition) is 1. The molecule has 0 atom stereocenters. The van der Waals surface area contributed by atoms with E-state index in [2.05, 4.69) is 62.5 Å². The van der Waals surface area contributed by atoms with Crippen LogP contribution >= 0.6 is 22.6 Å². The highest BCUT2D eigenvalue weighted by atomic mass is 127. The van der Waals surface area contributed by atoms with Crippen molar-refractivity contribution in [3.05, 3.63) is 45.8 Å². The molecule has 2 rings (SSSR count). The second-order valence-corrected chi connectivity index (χ2v) is 5.07. The van der Waals surface area contributed by atoms with Gasteiger partial charge in [0.15, 0.2) is 0 Å². The lowest BCUT2D eigenvalue weighted by Crippen LogP contribution is -2.16. The Bertz CT molecular complexity index is 424.